The van der Waals surface area contributed by atoms with Crippen molar-refractivity contribution in [3.05, 3.63) is 21.9 Å². The summed E-state index contributed by atoms with van der Waals surface area (Å²) in [6.07, 6.45) is 6.23. The van der Waals surface area contributed by atoms with E-state index >= 15 is 0 Å². The second-order valence-electron chi connectivity index (χ2n) is 6.30. The molecule has 0 aliphatic heterocycles. The average Bonchev–Trinajstić information content (AvgIpc) is 2.96. The summed E-state index contributed by atoms with van der Waals surface area (Å²) in [6.45, 7) is 3.03. The van der Waals surface area contributed by atoms with Gasteiger partial charge < -0.3 is 15.5 Å². The maximum Gasteiger partial charge on any atom is 0.243 e. The number of amides is 1. The Hall–Kier alpha value is -0.830. The smallest absolute Gasteiger partial charge is 0.243 e. The molecule has 24 heavy (non-hydrogen) atoms. The molecule has 1 aliphatic carbocycles. The Balaban J connectivity index is 0.00000288. The lowest BCUT2D eigenvalue weighted by atomic mass is 9.96. The molecule has 0 atom stereocenters. The van der Waals surface area contributed by atoms with Gasteiger partial charge in [0, 0.05) is 29.9 Å². The van der Waals surface area contributed by atoms with Crippen LogP contribution in [0.4, 0.5) is 0 Å². The molecular formula is C17H29IN4OS. The third kappa shape index (κ3) is 7.38. The molecule has 7 heteroatoms. The molecular weight excluding hydrogens is 435 g/mol. The largest absolute Gasteiger partial charge is 0.354 e. The number of guanidine groups is 1. The van der Waals surface area contributed by atoms with E-state index in [2.05, 4.69) is 34.7 Å². The molecule has 0 bridgehead atoms. The summed E-state index contributed by atoms with van der Waals surface area (Å²) >= 11 is 1.78. The molecule has 2 N–H and O–H groups in total. The normalized spacial score (nSPS) is 15.5. The zero-order chi connectivity index (χ0) is 16.7. The molecule has 0 spiro atoms. The molecule has 0 unspecified atom stereocenters. The van der Waals surface area contributed by atoms with Crippen LogP contribution in [-0.4, -0.2) is 43.4 Å². The molecule has 1 aliphatic rings. The number of carbonyl (C=O) groups excluding carboxylic acids is 1. The summed E-state index contributed by atoms with van der Waals surface area (Å²) in [6, 6.07) is 4.73. The van der Waals surface area contributed by atoms with Crippen molar-refractivity contribution in [2.24, 2.45) is 4.99 Å². The van der Waals surface area contributed by atoms with Crippen LogP contribution in [0, 0.1) is 6.92 Å². The number of rotatable bonds is 5. The van der Waals surface area contributed by atoms with Crippen LogP contribution in [0.3, 0.4) is 0 Å². The predicted molar refractivity (Wildman–Crippen MR) is 112 cm³/mol. The highest BCUT2D eigenvalue weighted by atomic mass is 127. The van der Waals surface area contributed by atoms with Crippen molar-refractivity contribution in [3.63, 3.8) is 0 Å². The molecule has 1 fully saturated rings. The molecule has 0 saturated heterocycles. The number of hydrogen-bond donors (Lipinski definition) is 2. The van der Waals surface area contributed by atoms with E-state index in [1.165, 1.54) is 41.9 Å². The number of likely N-dealkylation sites (N-methyl/N-ethyl adjacent to an activating group) is 1. The maximum absolute atomic E-state index is 11.8. The van der Waals surface area contributed by atoms with Gasteiger partial charge in [0.15, 0.2) is 5.96 Å². The van der Waals surface area contributed by atoms with Gasteiger partial charge in [-0.3, -0.25) is 4.79 Å². The van der Waals surface area contributed by atoms with Crippen LogP contribution in [0.5, 0.6) is 0 Å². The highest BCUT2D eigenvalue weighted by Gasteiger charge is 2.15. The summed E-state index contributed by atoms with van der Waals surface area (Å²) in [5, 5.41) is 6.87. The molecule has 1 heterocycles. The Kier molecular flexibility index (Phi) is 9.65. The van der Waals surface area contributed by atoms with Gasteiger partial charge in [0.05, 0.1) is 6.54 Å². The number of aliphatic imine (C=N–C) groups is 1. The van der Waals surface area contributed by atoms with Crippen LogP contribution in [0.2, 0.25) is 0 Å². The Bertz CT molecular complexity index is 538. The lowest BCUT2D eigenvalue weighted by Gasteiger charge is -2.25. The van der Waals surface area contributed by atoms with Crippen molar-refractivity contribution in [2.45, 2.75) is 51.6 Å². The Labute approximate surface area is 166 Å². The highest BCUT2D eigenvalue weighted by molar-refractivity contribution is 14.0. The number of nitrogens with zero attached hydrogens (tertiary/aromatic N) is 2. The van der Waals surface area contributed by atoms with Gasteiger partial charge in [0.2, 0.25) is 5.91 Å². The minimum Gasteiger partial charge on any atom is -0.354 e. The van der Waals surface area contributed by atoms with E-state index in [-0.39, 0.29) is 36.4 Å². The number of aryl methyl sites for hydroxylation is 1. The van der Waals surface area contributed by atoms with Crippen LogP contribution in [0.1, 0.15) is 41.9 Å². The van der Waals surface area contributed by atoms with Crippen LogP contribution in [0.25, 0.3) is 0 Å². The molecule has 0 radical (unpaired) electrons. The number of hydrogen-bond acceptors (Lipinski definition) is 3. The minimum absolute atomic E-state index is 0. The van der Waals surface area contributed by atoms with E-state index < -0.39 is 0 Å². The number of carbonyl (C=O) groups is 1. The third-order valence-corrected chi connectivity index (χ3v) is 5.04. The van der Waals surface area contributed by atoms with Gasteiger partial charge in [-0.05, 0) is 31.9 Å². The Morgan fingerprint density at radius 3 is 2.58 bits per heavy atom. The summed E-state index contributed by atoms with van der Waals surface area (Å²) in [5.74, 6) is 0.764. The topological polar surface area (TPSA) is 56.7 Å². The molecule has 0 aromatic carbocycles. The van der Waals surface area contributed by atoms with E-state index in [9.17, 15) is 4.79 Å². The molecule has 136 valence electrons. The van der Waals surface area contributed by atoms with Gasteiger partial charge in [-0.25, -0.2) is 4.99 Å². The quantitative estimate of drug-likeness (QED) is 0.400. The van der Waals surface area contributed by atoms with Gasteiger partial charge in [0.25, 0.3) is 0 Å². The lowest BCUT2D eigenvalue weighted by Crippen LogP contribution is -2.44. The Morgan fingerprint density at radius 1 is 1.29 bits per heavy atom. The van der Waals surface area contributed by atoms with E-state index in [4.69, 9.17) is 0 Å². The first-order valence-electron chi connectivity index (χ1n) is 8.35. The summed E-state index contributed by atoms with van der Waals surface area (Å²) < 4.78 is 0. The van der Waals surface area contributed by atoms with Crippen molar-refractivity contribution in [1.82, 2.24) is 15.5 Å². The monoisotopic (exact) mass is 464 g/mol. The molecule has 1 aromatic rings. The number of thiophene rings is 1. The fourth-order valence-corrected chi connectivity index (χ4v) is 3.46. The first-order chi connectivity index (χ1) is 11.0. The third-order valence-electron chi connectivity index (χ3n) is 4.04. The van der Waals surface area contributed by atoms with Crippen LogP contribution in [0.15, 0.2) is 17.1 Å². The van der Waals surface area contributed by atoms with Crippen molar-refractivity contribution < 1.29 is 4.79 Å². The second kappa shape index (κ2) is 10.9. The molecule has 5 nitrogen and oxygen atoms in total. The summed E-state index contributed by atoms with van der Waals surface area (Å²) in [4.78, 5) is 20.4. The van der Waals surface area contributed by atoms with Crippen molar-refractivity contribution in [1.29, 1.82) is 0 Å². The Morgan fingerprint density at radius 2 is 2.00 bits per heavy atom. The minimum atomic E-state index is 0. The molecule has 1 amide bonds. The van der Waals surface area contributed by atoms with Gasteiger partial charge in [0.1, 0.15) is 6.54 Å². The standard InChI is InChI=1S/C17H28N4OS.HI/c1-13-9-10-15(23-13)11-18-17(19-12-16(22)21(2)3)20-14-7-5-4-6-8-14;/h9-10,14H,4-8,11-12H2,1-3H3,(H2,18,19,20);1H. The fraction of sp³-hybridized carbons (Fsp3) is 0.647. The van der Waals surface area contributed by atoms with Crippen molar-refractivity contribution in [2.75, 3.05) is 20.6 Å². The van der Waals surface area contributed by atoms with E-state index in [1.54, 1.807) is 30.3 Å². The van der Waals surface area contributed by atoms with Gasteiger partial charge >= 0.3 is 0 Å². The van der Waals surface area contributed by atoms with Gasteiger partial charge in [-0.1, -0.05) is 19.3 Å². The predicted octanol–water partition coefficient (Wildman–Crippen LogP) is 3.13. The van der Waals surface area contributed by atoms with E-state index in [0.717, 1.165) is 12.5 Å². The SMILES string of the molecule is Cc1ccc(CNC(=NCC(=O)N(C)C)NC2CCCCC2)s1.I. The molecule has 2 rings (SSSR count). The first kappa shape index (κ1) is 21.2. The van der Waals surface area contributed by atoms with Gasteiger partial charge in [-0.15, -0.1) is 35.3 Å². The van der Waals surface area contributed by atoms with Crippen LogP contribution in [-0.2, 0) is 11.3 Å². The number of halogens is 1. The zero-order valence-corrected chi connectivity index (χ0v) is 17.9. The van der Waals surface area contributed by atoms with Gasteiger partial charge in [-0.2, -0.15) is 0 Å². The summed E-state index contributed by atoms with van der Waals surface area (Å²) in [5.41, 5.74) is 0. The molecule has 1 saturated carbocycles. The first-order valence-corrected chi connectivity index (χ1v) is 9.16. The molecule has 1 aromatic heterocycles. The fourth-order valence-electron chi connectivity index (χ4n) is 2.63. The number of nitrogens with one attached hydrogen (secondary N) is 2. The van der Waals surface area contributed by atoms with E-state index in [0.29, 0.717) is 6.04 Å². The van der Waals surface area contributed by atoms with E-state index in [1.807, 2.05) is 0 Å². The average molecular weight is 464 g/mol. The van der Waals surface area contributed by atoms with Crippen LogP contribution >= 0.6 is 35.3 Å². The zero-order valence-electron chi connectivity index (χ0n) is 14.8. The second-order valence-corrected chi connectivity index (χ2v) is 7.67. The van der Waals surface area contributed by atoms with Crippen molar-refractivity contribution in [3.8, 4) is 0 Å². The maximum atomic E-state index is 11.8. The van der Waals surface area contributed by atoms with Crippen LogP contribution < -0.4 is 10.6 Å². The summed E-state index contributed by atoms with van der Waals surface area (Å²) in [7, 11) is 3.52. The highest BCUT2D eigenvalue weighted by Crippen LogP contribution is 2.17. The lowest BCUT2D eigenvalue weighted by molar-refractivity contribution is -0.127. The van der Waals surface area contributed by atoms with Crippen molar-refractivity contribution >= 4 is 47.2 Å².